The number of carboxylic acid groups (broad SMARTS) is 3. The second-order valence-electron chi connectivity index (χ2n) is 7.77. The first kappa shape index (κ1) is 25.5. The second kappa shape index (κ2) is 13.6. The van der Waals surface area contributed by atoms with Crippen LogP contribution in [0, 0.1) is 11.8 Å². The van der Waals surface area contributed by atoms with Crippen LogP contribution in [0.4, 0.5) is 0 Å². The summed E-state index contributed by atoms with van der Waals surface area (Å²) >= 11 is 0. The Bertz CT molecular complexity index is 669. The maximum atomic E-state index is 11.6. The fourth-order valence-electron chi connectivity index (χ4n) is 3.76. The average Bonchev–Trinajstić information content (AvgIpc) is 2.68. The average molecular weight is 423 g/mol. The van der Waals surface area contributed by atoms with Crippen molar-refractivity contribution in [1.82, 2.24) is 0 Å². The molecule has 0 aromatic heterocycles. The van der Waals surface area contributed by atoms with Crippen LogP contribution in [-0.4, -0.2) is 39.8 Å². The summed E-state index contributed by atoms with van der Waals surface area (Å²) in [6.07, 6.45) is 4.00. The number of unbranched alkanes of at least 4 members (excludes halogenated alkanes) is 3. The van der Waals surface area contributed by atoms with E-state index in [1.54, 1.807) is 0 Å². The molecule has 7 heteroatoms. The van der Waals surface area contributed by atoms with Crippen molar-refractivity contribution >= 4 is 17.9 Å². The number of aliphatic carboxylic acids is 3. The van der Waals surface area contributed by atoms with Crippen LogP contribution in [0.1, 0.15) is 76.7 Å². The first-order valence-electron chi connectivity index (χ1n) is 10.6. The van der Waals surface area contributed by atoms with Gasteiger partial charge in [-0.25, -0.2) is 0 Å². The molecule has 0 fully saturated rings. The van der Waals surface area contributed by atoms with Gasteiger partial charge in [0.2, 0.25) is 0 Å². The van der Waals surface area contributed by atoms with Crippen molar-refractivity contribution in [3.05, 3.63) is 29.8 Å². The van der Waals surface area contributed by atoms with E-state index in [0.29, 0.717) is 19.4 Å². The van der Waals surface area contributed by atoms with Crippen LogP contribution in [0.5, 0.6) is 5.75 Å². The molecule has 168 valence electrons. The van der Waals surface area contributed by atoms with Gasteiger partial charge in [0.05, 0.1) is 18.9 Å². The molecule has 3 atom stereocenters. The number of rotatable bonds is 16. The lowest BCUT2D eigenvalue weighted by molar-refractivity contribution is -0.149. The molecule has 0 spiro atoms. The van der Waals surface area contributed by atoms with Crippen LogP contribution in [0.3, 0.4) is 0 Å². The molecule has 7 nitrogen and oxygen atoms in total. The highest BCUT2D eigenvalue weighted by molar-refractivity contribution is 5.77. The van der Waals surface area contributed by atoms with Gasteiger partial charge in [-0.05, 0) is 55.7 Å². The summed E-state index contributed by atoms with van der Waals surface area (Å²) in [5, 5.41) is 27.3. The van der Waals surface area contributed by atoms with Crippen LogP contribution in [0.15, 0.2) is 24.3 Å². The van der Waals surface area contributed by atoms with Gasteiger partial charge >= 0.3 is 17.9 Å². The molecule has 1 rings (SSSR count). The molecule has 0 aliphatic heterocycles. The summed E-state index contributed by atoms with van der Waals surface area (Å²) in [5.41, 5.74) is 1.06. The Morgan fingerprint density at radius 3 is 2.10 bits per heavy atom. The number of benzene rings is 1. The smallest absolute Gasteiger partial charge is 0.307 e. The molecule has 0 aliphatic rings. The molecule has 0 bridgehead atoms. The van der Waals surface area contributed by atoms with Gasteiger partial charge in [-0.1, -0.05) is 38.3 Å². The third kappa shape index (κ3) is 9.76. The van der Waals surface area contributed by atoms with Crippen molar-refractivity contribution in [1.29, 1.82) is 0 Å². The second-order valence-corrected chi connectivity index (χ2v) is 7.77. The minimum Gasteiger partial charge on any atom is -0.494 e. The molecule has 3 N–H and O–H groups in total. The van der Waals surface area contributed by atoms with E-state index in [-0.39, 0.29) is 24.7 Å². The minimum absolute atomic E-state index is 0.0165. The van der Waals surface area contributed by atoms with E-state index in [9.17, 15) is 19.5 Å². The summed E-state index contributed by atoms with van der Waals surface area (Å²) in [6, 6.07) is 7.74. The van der Waals surface area contributed by atoms with Crippen LogP contribution in [-0.2, 0) is 14.4 Å². The predicted molar refractivity (Wildman–Crippen MR) is 113 cm³/mol. The number of ether oxygens (including phenoxy) is 1. The van der Waals surface area contributed by atoms with E-state index in [1.807, 2.05) is 38.1 Å². The molecule has 30 heavy (non-hydrogen) atoms. The Kier molecular flexibility index (Phi) is 11.6. The van der Waals surface area contributed by atoms with Gasteiger partial charge in [-0.15, -0.1) is 0 Å². The first-order chi connectivity index (χ1) is 14.2. The van der Waals surface area contributed by atoms with Gasteiger partial charge in [-0.2, -0.15) is 0 Å². The maximum absolute atomic E-state index is 11.6. The minimum atomic E-state index is -1.11. The molecule has 0 aliphatic carbocycles. The zero-order valence-corrected chi connectivity index (χ0v) is 17.9. The van der Waals surface area contributed by atoms with Crippen molar-refractivity contribution in [2.75, 3.05) is 6.61 Å². The molecule has 0 amide bonds. The number of carboxylic acids is 3. The van der Waals surface area contributed by atoms with Gasteiger partial charge in [-0.3, -0.25) is 14.4 Å². The quantitative estimate of drug-likeness (QED) is 0.327. The van der Waals surface area contributed by atoms with Gasteiger partial charge in [0.15, 0.2) is 0 Å². The molecule has 1 aromatic carbocycles. The molecule has 3 unspecified atom stereocenters. The Hall–Kier alpha value is -2.57. The van der Waals surface area contributed by atoms with E-state index < -0.39 is 23.8 Å². The summed E-state index contributed by atoms with van der Waals surface area (Å²) in [4.78, 5) is 33.3. The molecular weight excluding hydrogens is 388 g/mol. The van der Waals surface area contributed by atoms with E-state index in [0.717, 1.165) is 37.0 Å². The fraction of sp³-hybridized carbons (Fsp3) is 0.609. The van der Waals surface area contributed by atoms with Crippen LogP contribution >= 0.6 is 0 Å². The van der Waals surface area contributed by atoms with Crippen molar-refractivity contribution < 1.29 is 34.4 Å². The zero-order chi connectivity index (χ0) is 22.5. The van der Waals surface area contributed by atoms with E-state index in [2.05, 4.69) is 0 Å². The highest BCUT2D eigenvalue weighted by Crippen LogP contribution is 2.35. The summed E-state index contributed by atoms with van der Waals surface area (Å²) < 4.78 is 5.48. The number of hydrogen-bond donors (Lipinski definition) is 3. The van der Waals surface area contributed by atoms with Gasteiger partial charge in [0.1, 0.15) is 5.75 Å². The van der Waals surface area contributed by atoms with Gasteiger partial charge in [0.25, 0.3) is 0 Å². The Balaban J connectivity index is 2.82. The Labute approximate surface area is 178 Å². The van der Waals surface area contributed by atoms with E-state index in [1.165, 1.54) is 0 Å². The number of carbonyl (C=O) groups is 3. The third-order valence-corrected chi connectivity index (χ3v) is 5.50. The van der Waals surface area contributed by atoms with Gasteiger partial charge < -0.3 is 20.1 Å². The molecule has 1 aromatic rings. The zero-order valence-electron chi connectivity index (χ0n) is 17.9. The molecule has 0 radical (unpaired) electrons. The Morgan fingerprint density at radius 1 is 0.933 bits per heavy atom. The van der Waals surface area contributed by atoms with Gasteiger partial charge in [0, 0.05) is 6.42 Å². The molecule has 0 heterocycles. The molecule has 0 saturated heterocycles. The normalized spacial score (nSPS) is 13.9. The third-order valence-electron chi connectivity index (χ3n) is 5.50. The summed E-state index contributed by atoms with van der Waals surface area (Å²) in [7, 11) is 0. The number of hydrogen-bond acceptors (Lipinski definition) is 4. The van der Waals surface area contributed by atoms with E-state index >= 15 is 0 Å². The van der Waals surface area contributed by atoms with Crippen molar-refractivity contribution in [2.24, 2.45) is 11.8 Å². The van der Waals surface area contributed by atoms with Crippen LogP contribution in [0.2, 0.25) is 0 Å². The monoisotopic (exact) mass is 422 g/mol. The highest BCUT2D eigenvalue weighted by Gasteiger charge is 2.28. The standard InChI is InChI=1S/C23H34O7/c1-3-30-20-12-10-17(11-13-20)16(2)18(8-6-4-5-7-9-21(24)25)14-19(23(28)29)15-22(26)27/h10-13,16,18-19H,3-9,14-15H2,1-2H3,(H,24,25)(H,26,27)(H,28,29). The summed E-state index contributed by atoms with van der Waals surface area (Å²) in [6.45, 7) is 4.54. The lowest BCUT2D eigenvalue weighted by Crippen LogP contribution is -2.23. The first-order valence-corrected chi connectivity index (χ1v) is 10.6. The topological polar surface area (TPSA) is 121 Å². The van der Waals surface area contributed by atoms with Crippen molar-refractivity contribution in [2.45, 2.75) is 71.1 Å². The Morgan fingerprint density at radius 2 is 1.57 bits per heavy atom. The molecule has 0 saturated carbocycles. The SMILES string of the molecule is CCOc1ccc(C(C)C(CCCCCCC(=O)O)CC(CC(=O)O)C(=O)O)cc1. The van der Waals surface area contributed by atoms with Crippen molar-refractivity contribution in [3.8, 4) is 5.75 Å². The lowest BCUT2D eigenvalue weighted by atomic mass is 9.78. The van der Waals surface area contributed by atoms with E-state index in [4.69, 9.17) is 14.9 Å². The maximum Gasteiger partial charge on any atom is 0.307 e. The predicted octanol–water partition coefficient (Wildman–Crippen LogP) is 4.80. The molecular formula is C23H34O7. The summed E-state index contributed by atoms with van der Waals surface area (Å²) in [5.74, 6) is -3.05. The largest absolute Gasteiger partial charge is 0.494 e. The lowest BCUT2D eigenvalue weighted by Gasteiger charge is -2.27. The fourth-order valence-corrected chi connectivity index (χ4v) is 3.76. The highest BCUT2D eigenvalue weighted by atomic mass is 16.5. The van der Waals surface area contributed by atoms with Crippen LogP contribution < -0.4 is 4.74 Å². The van der Waals surface area contributed by atoms with Crippen molar-refractivity contribution in [3.63, 3.8) is 0 Å². The van der Waals surface area contributed by atoms with Crippen LogP contribution in [0.25, 0.3) is 0 Å².